The van der Waals surface area contributed by atoms with Crippen molar-refractivity contribution in [1.29, 1.82) is 0 Å². The van der Waals surface area contributed by atoms with E-state index in [1.165, 1.54) is 25.7 Å². The summed E-state index contributed by atoms with van der Waals surface area (Å²) in [5.74, 6) is 3.22. The number of fused-ring (bicyclic) bond motifs is 5. The van der Waals surface area contributed by atoms with Crippen LogP contribution in [0.2, 0.25) is 0 Å². The summed E-state index contributed by atoms with van der Waals surface area (Å²) in [6.07, 6.45) is 12.9. The molecule has 8 atom stereocenters. The van der Waals surface area contributed by atoms with Gasteiger partial charge in [0.25, 0.3) is 0 Å². The number of nitrogens with one attached hydrogen (secondary N) is 2. The largest absolute Gasteiger partial charge is 0.508 e. The van der Waals surface area contributed by atoms with Gasteiger partial charge >= 0.3 is 0 Å². The second-order valence-corrected chi connectivity index (χ2v) is 9.28. The predicted octanol–water partition coefficient (Wildman–Crippen LogP) is 3.64. The van der Waals surface area contributed by atoms with Gasteiger partial charge in [-0.1, -0.05) is 19.9 Å². The lowest BCUT2D eigenvalue weighted by Crippen LogP contribution is -2.60. The van der Waals surface area contributed by atoms with Crippen LogP contribution in [0.1, 0.15) is 46.0 Å². The van der Waals surface area contributed by atoms with Gasteiger partial charge in [-0.25, -0.2) is 0 Å². The second kappa shape index (κ2) is 5.60. The first-order valence-electron chi connectivity index (χ1n) is 9.88. The molecule has 134 valence electrons. The minimum Gasteiger partial charge on any atom is -0.508 e. The van der Waals surface area contributed by atoms with Crippen molar-refractivity contribution in [2.75, 3.05) is 14.1 Å². The first kappa shape index (κ1) is 16.7. The molecule has 3 fully saturated rings. The smallest absolute Gasteiger partial charge is 0.111 e. The molecule has 4 aliphatic carbocycles. The van der Waals surface area contributed by atoms with Gasteiger partial charge in [-0.15, -0.1) is 0 Å². The molecular weight excluding hydrogens is 296 g/mol. The number of hydrogen-bond acceptors (Lipinski definition) is 3. The number of allylic oxidation sites excluding steroid dienone is 3. The molecule has 0 unspecified atom stereocenters. The lowest BCUT2D eigenvalue weighted by Gasteiger charge is -2.60. The quantitative estimate of drug-likeness (QED) is 0.724. The van der Waals surface area contributed by atoms with Gasteiger partial charge in [0.2, 0.25) is 0 Å². The molecule has 0 aromatic rings. The molecule has 0 saturated heterocycles. The van der Waals surface area contributed by atoms with Crippen molar-refractivity contribution in [3.05, 3.63) is 24.0 Å². The van der Waals surface area contributed by atoms with Gasteiger partial charge in [-0.3, -0.25) is 0 Å². The highest BCUT2D eigenvalue weighted by molar-refractivity contribution is 5.28. The maximum absolute atomic E-state index is 10.0. The standard InChI is InChI=1S/C21H34N2O/c1-20-9-7-14(24)11-13(20)12-17(22-3)19-15-5-6-18(23-4)21(15,2)10-8-16(19)20/h7,9,11,13,15-19,22-24H,5-6,8,10,12H2,1-4H3/t13-,15-,16-,17-,18-,19-,20-,21-/m0/s1. The zero-order valence-corrected chi connectivity index (χ0v) is 15.7. The van der Waals surface area contributed by atoms with Crippen LogP contribution in [0, 0.1) is 34.5 Å². The third-order valence-electron chi connectivity index (χ3n) is 8.61. The van der Waals surface area contributed by atoms with E-state index in [-0.39, 0.29) is 5.41 Å². The minimum atomic E-state index is 0.212. The Morgan fingerprint density at radius 3 is 2.58 bits per heavy atom. The zero-order valence-electron chi connectivity index (χ0n) is 15.7. The van der Waals surface area contributed by atoms with E-state index in [1.807, 2.05) is 6.08 Å². The number of aliphatic hydroxyl groups excluding tert-OH is 1. The third-order valence-corrected chi connectivity index (χ3v) is 8.61. The van der Waals surface area contributed by atoms with E-state index in [9.17, 15) is 5.11 Å². The molecule has 0 aliphatic heterocycles. The van der Waals surface area contributed by atoms with Crippen LogP contribution in [-0.2, 0) is 0 Å². The third kappa shape index (κ3) is 2.10. The summed E-state index contributed by atoms with van der Waals surface area (Å²) in [5.41, 5.74) is 0.661. The van der Waals surface area contributed by atoms with Gasteiger partial charge in [0, 0.05) is 12.1 Å². The molecule has 0 heterocycles. The van der Waals surface area contributed by atoms with E-state index < -0.39 is 0 Å². The molecule has 3 heteroatoms. The van der Waals surface area contributed by atoms with Crippen molar-refractivity contribution in [2.24, 2.45) is 34.5 Å². The summed E-state index contributed by atoms with van der Waals surface area (Å²) >= 11 is 0. The summed E-state index contributed by atoms with van der Waals surface area (Å²) in [7, 11) is 4.29. The maximum Gasteiger partial charge on any atom is 0.111 e. The maximum atomic E-state index is 10.0. The fraction of sp³-hybridized carbons (Fsp3) is 0.810. The highest BCUT2D eigenvalue weighted by Crippen LogP contribution is 2.64. The Morgan fingerprint density at radius 2 is 1.88 bits per heavy atom. The molecule has 24 heavy (non-hydrogen) atoms. The zero-order chi connectivity index (χ0) is 17.1. The molecule has 0 aromatic carbocycles. The Kier molecular flexibility index (Phi) is 3.89. The van der Waals surface area contributed by atoms with E-state index in [4.69, 9.17) is 0 Å². The number of aliphatic hydroxyl groups is 1. The van der Waals surface area contributed by atoms with Crippen LogP contribution in [0.15, 0.2) is 24.0 Å². The van der Waals surface area contributed by atoms with Crippen LogP contribution in [0.5, 0.6) is 0 Å². The Morgan fingerprint density at radius 1 is 1.08 bits per heavy atom. The van der Waals surface area contributed by atoms with Crippen LogP contribution < -0.4 is 10.6 Å². The second-order valence-electron chi connectivity index (χ2n) is 9.28. The van der Waals surface area contributed by atoms with Crippen LogP contribution in [0.25, 0.3) is 0 Å². The van der Waals surface area contributed by atoms with Crippen LogP contribution in [0.4, 0.5) is 0 Å². The average molecular weight is 331 g/mol. The normalized spacial score (nSPS) is 53.1. The Labute approximate surface area is 147 Å². The highest BCUT2D eigenvalue weighted by Gasteiger charge is 2.61. The summed E-state index contributed by atoms with van der Waals surface area (Å²) < 4.78 is 0. The number of rotatable bonds is 2. The van der Waals surface area contributed by atoms with Gasteiger partial charge in [-0.2, -0.15) is 0 Å². The first-order valence-corrected chi connectivity index (χ1v) is 9.88. The summed E-state index contributed by atoms with van der Waals surface area (Å²) in [6.45, 7) is 5.00. The van der Waals surface area contributed by atoms with E-state index in [0.717, 1.165) is 24.2 Å². The molecule has 0 radical (unpaired) electrons. The minimum absolute atomic E-state index is 0.212. The van der Waals surface area contributed by atoms with Gasteiger partial charge in [0.15, 0.2) is 0 Å². The van der Waals surface area contributed by atoms with Crippen molar-refractivity contribution in [1.82, 2.24) is 10.6 Å². The van der Waals surface area contributed by atoms with E-state index >= 15 is 0 Å². The lowest BCUT2D eigenvalue weighted by atomic mass is 9.45. The van der Waals surface area contributed by atoms with Crippen LogP contribution in [0.3, 0.4) is 0 Å². The molecule has 0 aromatic heterocycles. The highest BCUT2D eigenvalue weighted by atomic mass is 16.3. The van der Waals surface area contributed by atoms with Gasteiger partial charge in [-0.05, 0) is 92.9 Å². The molecule has 3 saturated carbocycles. The van der Waals surface area contributed by atoms with E-state index in [0.29, 0.717) is 29.2 Å². The molecular formula is C21H34N2O. The van der Waals surface area contributed by atoms with Gasteiger partial charge in [0.05, 0.1) is 0 Å². The SMILES string of the molecule is CN[C@H]1C[C@@H]2C=C(O)C=C[C@]2(C)[C@H]2CC[C@]3(C)[C@@H](NC)CC[C@H]3[C@H]12. The van der Waals surface area contributed by atoms with E-state index in [1.54, 1.807) is 0 Å². The molecule has 3 nitrogen and oxygen atoms in total. The van der Waals surface area contributed by atoms with Crippen molar-refractivity contribution < 1.29 is 5.11 Å². The summed E-state index contributed by atoms with van der Waals surface area (Å²) in [6, 6.07) is 1.25. The Bertz CT molecular complexity index is 570. The van der Waals surface area contributed by atoms with Crippen molar-refractivity contribution in [3.8, 4) is 0 Å². The fourth-order valence-electron chi connectivity index (χ4n) is 7.25. The van der Waals surface area contributed by atoms with Crippen molar-refractivity contribution >= 4 is 0 Å². The average Bonchev–Trinajstić information content (AvgIpc) is 2.91. The van der Waals surface area contributed by atoms with Gasteiger partial charge < -0.3 is 15.7 Å². The van der Waals surface area contributed by atoms with E-state index in [2.05, 4.69) is 50.7 Å². The van der Waals surface area contributed by atoms with Crippen LogP contribution >= 0.6 is 0 Å². The topological polar surface area (TPSA) is 44.3 Å². The van der Waals surface area contributed by atoms with Gasteiger partial charge in [0.1, 0.15) is 5.76 Å². The Balaban J connectivity index is 1.72. The summed E-state index contributed by atoms with van der Waals surface area (Å²) in [4.78, 5) is 0. The molecule has 3 N–H and O–H groups in total. The predicted molar refractivity (Wildman–Crippen MR) is 98.8 cm³/mol. The monoisotopic (exact) mass is 330 g/mol. The molecule has 0 amide bonds. The lowest BCUT2D eigenvalue weighted by molar-refractivity contribution is -0.0774. The van der Waals surface area contributed by atoms with Crippen molar-refractivity contribution in [3.63, 3.8) is 0 Å². The summed E-state index contributed by atoms with van der Waals surface area (Å²) in [5, 5.41) is 17.3. The van der Waals surface area contributed by atoms with Crippen LogP contribution in [-0.4, -0.2) is 31.3 Å². The fourth-order valence-corrected chi connectivity index (χ4v) is 7.25. The first-order chi connectivity index (χ1) is 11.4. The molecule has 0 bridgehead atoms. The Hall–Kier alpha value is -0.800. The molecule has 0 spiro atoms. The van der Waals surface area contributed by atoms with Crippen molar-refractivity contribution in [2.45, 2.75) is 58.0 Å². The molecule has 4 aliphatic rings. The number of hydrogen-bond donors (Lipinski definition) is 3. The molecule has 4 rings (SSSR count).